The molecule has 17 heavy (non-hydrogen) atoms. The lowest BCUT2D eigenvalue weighted by molar-refractivity contribution is -0.144. The van der Waals surface area contributed by atoms with Crippen LogP contribution in [0.2, 0.25) is 0 Å². The smallest absolute Gasteiger partial charge is 0.319 e. The zero-order chi connectivity index (χ0) is 13.1. The van der Waals surface area contributed by atoms with Gasteiger partial charge in [-0.25, -0.2) is 0 Å². The molecule has 4 heteroatoms. The topological polar surface area (TPSA) is 26.3 Å². The minimum atomic E-state index is -0.267. The molecule has 0 aliphatic heterocycles. The predicted molar refractivity (Wildman–Crippen MR) is 72.2 cm³/mol. The summed E-state index contributed by atoms with van der Waals surface area (Å²) < 4.78 is 17.2. The van der Waals surface area contributed by atoms with E-state index in [1.54, 1.807) is 11.8 Å². The second-order valence-corrected chi connectivity index (χ2v) is 5.88. The fourth-order valence-corrected chi connectivity index (χ4v) is 2.56. The van der Waals surface area contributed by atoms with E-state index in [4.69, 9.17) is 4.74 Å². The van der Waals surface area contributed by atoms with Gasteiger partial charge in [-0.1, -0.05) is 27.2 Å². The Morgan fingerprint density at radius 2 is 2.06 bits per heavy atom. The van der Waals surface area contributed by atoms with E-state index in [0.717, 1.165) is 25.0 Å². The van der Waals surface area contributed by atoms with Crippen molar-refractivity contribution < 1.29 is 13.9 Å². The Labute approximate surface area is 109 Å². The summed E-state index contributed by atoms with van der Waals surface area (Å²) in [6.45, 7) is 6.33. The number of halogens is 1. The van der Waals surface area contributed by atoms with E-state index in [-0.39, 0.29) is 17.9 Å². The van der Waals surface area contributed by atoms with Crippen molar-refractivity contribution in [3.05, 3.63) is 0 Å². The highest BCUT2D eigenvalue weighted by atomic mass is 32.2. The summed E-state index contributed by atoms with van der Waals surface area (Å²) in [5.41, 5.74) is 0. The molecule has 1 atom stereocenters. The van der Waals surface area contributed by atoms with Gasteiger partial charge in [-0.2, -0.15) is 0 Å². The molecule has 0 heterocycles. The highest BCUT2D eigenvalue weighted by Crippen LogP contribution is 2.20. The summed E-state index contributed by atoms with van der Waals surface area (Å²) in [5.74, 6) is 1.11. The third-order valence-corrected chi connectivity index (χ3v) is 3.57. The minimum absolute atomic E-state index is 0.0710. The standard InChI is InChI=1S/C13H25FO2S/c1-4-7-12(17-9-6-5-8-14)13(15)16-10-11(2)3/h11-12H,4-10H2,1-3H3. The minimum Gasteiger partial charge on any atom is -0.465 e. The van der Waals surface area contributed by atoms with Crippen molar-refractivity contribution in [2.24, 2.45) is 5.92 Å². The van der Waals surface area contributed by atoms with E-state index in [0.29, 0.717) is 18.9 Å². The zero-order valence-electron chi connectivity index (χ0n) is 11.2. The number of esters is 1. The highest BCUT2D eigenvalue weighted by molar-refractivity contribution is 8.00. The van der Waals surface area contributed by atoms with Gasteiger partial charge in [0.1, 0.15) is 5.25 Å². The van der Waals surface area contributed by atoms with E-state index in [1.165, 1.54) is 0 Å². The summed E-state index contributed by atoms with van der Waals surface area (Å²) in [4.78, 5) is 11.8. The average molecular weight is 264 g/mol. The summed E-state index contributed by atoms with van der Waals surface area (Å²) >= 11 is 1.60. The van der Waals surface area contributed by atoms with Gasteiger partial charge in [-0.05, 0) is 30.9 Å². The van der Waals surface area contributed by atoms with Crippen molar-refractivity contribution >= 4 is 17.7 Å². The van der Waals surface area contributed by atoms with Crippen LogP contribution in [0, 0.1) is 5.92 Å². The molecule has 0 saturated heterocycles. The molecule has 0 N–H and O–H groups in total. The highest BCUT2D eigenvalue weighted by Gasteiger charge is 2.19. The van der Waals surface area contributed by atoms with E-state index in [2.05, 4.69) is 6.92 Å². The fraction of sp³-hybridized carbons (Fsp3) is 0.923. The van der Waals surface area contributed by atoms with Crippen LogP contribution in [0.4, 0.5) is 4.39 Å². The third kappa shape index (κ3) is 9.45. The third-order valence-electron chi connectivity index (χ3n) is 2.22. The molecule has 0 amide bonds. The first-order chi connectivity index (χ1) is 8.11. The molecule has 0 radical (unpaired) electrons. The maximum Gasteiger partial charge on any atom is 0.319 e. The Balaban J connectivity index is 3.89. The van der Waals surface area contributed by atoms with Gasteiger partial charge in [0, 0.05) is 0 Å². The molecule has 2 nitrogen and oxygen atoms in total. The van der Waals surface area contributed by atoms with Crippen LogP contribution < -0.4 is 0 Å². The average Bonchev–Trinajstić information content (AvgIpc) is 2.30. The molecule has 0 rings (SSSR count). The van der Waals surface area contributed by atoms with Gasteiger partial charge in [0.25, 0.3) is 0 Å². The number of carbonyl (C=O) groups excluding carboxylic acids is 1. The van der Waals surface area contributed by atoms with Gasteiger partial charge in [-0.15, -0.1) is 11.8 Å². The van der Waals surface area contributed by atoms with Crippen LogP contribution in [0.3, 0.4) is 0 Å². The number of ether oxygens (including phenoxy) is 1. The molecule has 0 aromatic rings. The molecule has 0 aromatic carbocycles. The number of hydrogen-bond acceptors (Lipinski definition) is 3. The maximum atomic E-state index is 11.9. The molecule has 1 unspecified atom stereocenters. The molecule has 0 saturated carbocycles. The SMILES string of the molecule is CCCC(SCCCCF)C(=O)OCC(C)C. The number of rotatable bonds is 10. The molecule has 0 aliphatic rings. The second-order valence-electron chi connectivity index (χ2n) is 4.57. The Morgan fingerprint density at radius 3 is 2.59 bits per heavy atom. The normalized spacial score (nSPS) is 12.8. The van der Waals surface area contributed by atoms with Gasteiger partial charge in [0.05, 0.1) is 13.3 Å². The monoisotopic (exact) mass is 264 g/mol. The molecule has 0 bridgehead atoms. The van der Waals surface area contributed by atoms with Crippen LogP contribution >= 0.6 is 11.8 Å². The first-order valence-corrected chi connectivity index (χ1v) is 7.50. The van der Waals surface area contributed by atoms with Crippen LogP contribution in [0.25, 0.3) is 0 Å². The molecular formula is C13H25FO2S. The van der Waals surface area contributed by atoms with Gasteiger partial charge < -0.3 is 4.74 Å². The van der Waals surface area contributed by atoms with Crippen molar-refractivity contribution in [3.8, 4) is 0 Å². The summed E-state index contributed by atoms with van der Waals surface area (Å²) in [7, 11) is 0. The van der Waals surface area contributed by atoms with Crippen LogP contribution in [-0.4, -0.2) is 30.3 Å². The largest absolute Gasteiger partial charge is 0.465 e. The van der Waals surface area contributed by atoms with Crippen LogP contribution in [0.1, 0.15) is 46.5 Å². The van der Waals surface area contributed by atoms with Crippen molar-refractivity contribution in [1.82, 2.24) is 0 Å². The van der Waals surface area contributed by atoms with E-state index in [9.17, 15) is 9.18 Å². The number of unbranched alkanes of at least 4 members (excludes halogenated alkanes) is 1. The first-order valence-electron chi connectivity index (χ1n) is 6.46. The van der Waals surface area contributed by atoms with Crippen LogP contribution in [0.15, 0.2) is 0 Å². The lowest BCUT2D eigenvalue weighted by Gasteiger charge is -2.15. The van der Waals surface area contributed by atoms with Crippen molar-refractivity contribution in [2.75, 3.05) is 19.0 Å². The van der Waals surface area contributed by atoms with E-state index in [1.807, 2.05) is 13.8 Å². The Hall–Kier alpha value is -0.250. The molecule has 0 spiro atoms. The van der Waals surface area contributed by atoms with Crippen LogP contribution in [-0.2, 0) is 9.53 Å². The maximum absolute atomic E-state index is 11.9. The lowest BCUT2D eigenvalue weighted by Crippen LogP contribution is -2.22. The quantitative estimate of drug-likeness (QED) is 0.443. The first kappa shape index (κ1) is 16.8. The summed E-state index contributed by atoms with van der Waals surface area (Å²) in [6.07, 6.45) is 3.24. The van der Waals surface area contributed by atoms with Crippen LogP contribution in [0.5, 0.6) is 0 Å². The summed E-state index contributed by atoms with van der Waals surface area (Å²) in [6, 6.07) is 0. The number of hydrogen-bond donors (Lipinski definition) is 0. The number of carbonyl (C=O) groups is 1. The summed E-state index contributed by atoms with van der Waals surface area (Å²) in [5, 5.41) is -0.0710. The molecular weight excluding hydrogens is 239 g/mol. The van der Waals surface area contributed by atoms with Gasteiger partial charge in [0.2, 0.25) is 0 Å². The van der Waals surface area contributed by atoms with Gasteiger partial charge in [-0.3, -0.25) is 9.18 Å². The van der Waals surface area contributed by atoms with Crippen molar-refractivity contribution in [1.29, 1.82) is 0 Å². The second kappa shape index (κ2) is 10.9. The van der Waals surface area contributed by atoms with Gasteiger partial charge >= 0.3 is 5.97 Å². The Bertz CT molecular complexity index is 198. The zero-order valence-corrected chi connectivity index (χ0v) is 12.0. The van der Waals surface area contributed by atoms with Gasteiger partial charge in [0.15, 0.2) is 0 Å². The molecule has 0 fully saturated rings. The predicted octanol–water partition coefficient (Wildman–Crippen LogP) is 3.84. The molecule has 0 aromatic heterocycles. The Morgan fingerprint density at radius 1 is 1.35 bits per heavy atom. The molecule has 0 aliphatic carbocycles. The fourth-order valence-electron chi connectivity index (χ4n) is 1.30. The lowest BCUT2D eigenvalue weighted by atomic mass is 10.2. The number of thioether (sulfide) groups is 1. The van der Waals surface area contributed by atoms with Crippen molar-refractivity contribution in [2.45, 2.75) is 51.7 Å². The number of alkyl halides is 1. The molecule has 102 valence electrons. The van der Waals surface area contributed by atoms with E-state index < -0.39 is 0 Å². The van der Waals surface area contributed by atoms with E-state index >= 15 is 0 Å². The van der Waals surface area contributed by atoms with Crippen molar-refractivity contribution in [3.63, 3.8) is 0 Å². The Kier molecular flexibility index (Phi) is 10.7.